The molecule has 3 atom stereocenters. The fourth-order valence-corrected chi connectivity index (χ4v) is 4.77. The third-order valence-corrected chi connectivity index (χ3v) is 7.19. The first kappa shape index (κ1) is 27.2. The first-order valence-electron chi connectivity index (χ1n) is 11.7. The third-order valence-electron chi connectivity index (χ3n) is 7.19. The van der Waals surface area contributed by atoms with Gasteiger partial charge in [-0.1, -0.05) is 30.3 Å². The van der Waals surface area contributed by atoms with E-state index in [1.165, 1.54) is 6.92 Å². The molecule has 2 aliphatic rings. The largest absolute Gasteiger partial charge is 0.416 e. The highest BCUT2D eigenvalue weighted by atomic mass is 19.4. The average Bonchev–Trinajstić information content (AvgIpc) is 3.43. The molecule has 0 aliphatic carbocycles. The highest BCUT2D eigenvalue weighted by Crippen LogP contribution is 2.40. The van der Waals surface area contributed by atoms with Gasteiger partial charge in [-0.3, -0.25) is 5.43 Å². The predicted octanol–water partition coefficient (Wildman–Crippen LogP) is 4.62. The predicted molar refractivity (Wildman–Crippen MR) is 124 cm³/mol. The molecule has 0 radical (unpaired) electrons. The number of rotatable bonds is 7. The Bertz CT molecular complexity index is 1070. The topological polar surface area (TPSA) is 69.1 Å². The van der Waals surface area contributed by atoms with Gasteiger partial charge in [0.15, 0.2) is 0 Å². The maximum Gasteiger partial charge on any atom is 0.416 e. The summed E-state index contributed by atoms with van der Waals surface area (Å²) in [6.07, 6.45) is -8.27. The third kappa shape index (κ3) is 5.70. The average molecular weight is 531 g/mol. The second-order valence-electron chi connectivity index (χ2n) is 9.51. The van der Waals surface area contributed by atoms with Gasteiger partial charge in [-0.05, 0) is 49.1 Å². The Morgan fingerprint density at radius 1 is 1.03 bits per heavy atom. The minimum absolute atomic E-state index is 0.0103. The van der Waals surface area contributed by atoms with E-state index in [4.69, 9.17) is 4.74 Å². The quantitative estimate of drug-likeness (QED) is 0.456. The summed E-state index contributed by atoms with van der Waals surface area (Å²) in [5.41, 5.74) is -0.669. The van der Waals surface area contributed by atoms with Crippen LogP contribution in [0.2, 0.25) is 0 Å². The zero-order valence-electron chi connectivity index (χ0n) is 20.0. The summed E-state index contributed by atoms with van der Waals surface area (Å²) >= 11 is 0. The molecule has 3 N–H and O–H groups in total. The molecule has 6 nitrogen and oxygen atoms in total. The van der Waals surface area contributed by atoms with Crippen LogP contribution >= 0.6 is 0 Å². The van der Waals surface area contributed by atoms with E-state index in [0.29, 0.717) is 38.2 Å². The summed E-state index contributed by atoms with van der Waals surface area (Å²) in [5.74, 6) is 0. The van der Waals surface area contributed by atoms with Crippen molar-refractivity contribution in [2.75, 3.05) is 26.4 Å². The van der Waals surface area contributed by atoms with Crippen molar-refractivity contribution >= 4 is 6.34 Å². The number of alkyl halides is 6. The van der Waals surface area contributed by atoms with Crippen LogP contribution in [0.25, 0.3) is 0 Å². The summed E-state index contributed by atoms with van der Waals surface area (Å²) in [6.45, 7) is 2.07. The molecule has 4 rings (SSSR count). The Morgan fingerprint density at radius 2 is 1.68 bits per heavy atom. The Hall–Kier alpha value is -2.83. The van der Waals surface area contributed by atoms with E-state index in [0.717, 1.165) is 5.56 Å². The van der Waals surface area contributed by atoms with Crippen LogP contribution in [-0.2, 0) is 22.6 Å². The molecule has 2 aliphatic heterocycles. The van der Waals surface area contributed by atoms with E-state index in [-0.39, 0.29) is 24.8 Å². The van der Waals surface area contributed by atoms with E-state index >= 15 is 0 Å². The van der Waals surface area contributed by atoms with Crippen molar-refractivity contribution in [3.63, 3.8) is 0 Å². The molecule has 0 bridgehead atoms. The van der Waals surface area contributed by atoms with Gasteiger partial charge in [0.25, 0.3) is 0 Å². The second-order valence-corrected chi connectivity index (χ2v) is 9.51. The van der Waals surface area contributed by atoms with Gasteiger partial charge in [-0.15, -0.1) is 0 Å². The smallest absolute Gasteiger partial charge is 0.394 e. The lowest BCUT2D eigenvalue weighted by atomic mass is 9.76. The van der Waals surface area contributed by atoms with E-state index in [2.05, 4.69) is 15.8 Å². The molecule has 2 aromatic rings. The zero-order chi connectivity index (χ0) is 26.9. The van der Waals surface area contributed by atoms with Gasteiger partial charge in [-0.2, -0.15) is 31.4 Å². The van der Waals surface area contributed by atoms with E-state index in [9.17, 15) is 31.4 Å². The molecule has 202 valence electrons. The molecule has 1 saturated heterocycles. The monoisotopic (exact) mass is 530 g/mol. The van der Waals surface area contributed by atoms with Crippen LogP contribution in [0.1, 0.15) is 48.1 Å². The summed E-state index contributed by atoms with van der Waals surface area (Å²) in [4.78, 5) is 1.90. The molecular formula is C25H28F6N4O2. The number of benzene rings is 2. The highest BCUT2D eigenvalue weighted by molar-refractivity contribution is 5.58. The summed E-state index contributed by atoms with van der Waals surface area (Å²) in [6, 6.07) is 10.8. The number of hydrazone groups is 1. The van der Waals surface area contributed by atoms with Crippen molar-refractivity contribution in [3.05, 3.63) is 70.8 Å². The minimum atomic E-state index is -4.94. The van der Waals surface area contributed by atoms with Crippen LogP contribution < -0.4 is 10.7 Å². The summed E-state index contributed by atoms with van der Waals surface area (Å²) in [7, 11) is 0. The molecule has 0 aromatic heterocycles. The first-order chi connectivity index (χ1) is 17.4. The number of aliphatic hydroxyl groups is 1. The van der Waals surface area contributed by atoms with Crippen LogP contribution in [-0.4, -0.2) is 48.3 Å². The second kappa shape index (κ2) is 10.1. The van der Waals surface area contributed by atoms with Gasteiger partial charge in [0, 0.05) is 6.54 Å². The maximum atomic E-state index is 13.3. The molecule has 12 heteroatoms. The highest BCUT2D eigenvalue weighted by Gasteiger charge is 2.47. The molecule has 0 amide bonds. The summed E-state index contributed by atoms with van der Waals surface area (Å²) < 4.78 is 86.0. The Balaban J connectivity index is 1.59. The molecular weight excluding hydrogens is 502 g/mol. The SMILES string of the molecule is C[C@H](OC[C@@]1(c2ccccc2)CC[C@](CO)(N2C=NNC2)CN1)c1cc(C(F)(F)F)cc(C(F)(F)F)c1. The molecule has 0 saturated carbocycles. The van der Waals surface area contributed by atoms with Crippen molar-refractivity contribution in [2.24, 2.45) is 5.10 Å². The van der Waals surface area contributed by atoms with Crippen molar-refractivity contribution in [3.8, 4) is 0 Å². The molecule has 0 unspecified atom stereocenters. The minimum Gasteiger partial charge on any atom is -0.394 e. The number of nitrogens with one attached hydrogen (secondary N) is 2. The van der Waals surface area contributed by atoms with Gasteiger partial charge >= 0.3 is 12.4 Å². The molecule has 2 aromatic carbocycles. The number of piperidine rings is 1. The number of aliphatic hydroxyl groups excluding tert-OH is 1. The van der Waals surface area contributed by atoms with Gasteiger partial charge in [0.05, 0.1) is 41.5 Å². The maximum absolute atomic E-state index is 13.3. The van der Waals surface area contributed by atoms with Gasteiger partial charge in [0.1, 0.15) is 13.0 Å². The lowest BCUT2D eigenvalue weighted by Crippen LogP contribution is -2.65. The zero-order valence-corrected chi connectivity index (χ0v) is 20.0. The van der Waals surface area contributed by atoms with Crippen LogP contribution in [0, 0.1) is 0 Å². The number of hydrogen-bond acceptors (Lipinski definition) is 6. The normalized spacial score (nSPS) is 25.2. The van der Waals surface area contributed by atoms with Crippen molar-refractivity contribution in [2.45, 2.75) is 49.3 Å². The molecule has 2 heterocycles. The number of halogens is 6. The van der Waals surface area contributed by atoms with Crippen LogP contribution in [0.3, 0.4) is 0 Å². The van der Waals surface area contributed by atoms with Crippen molar-refractivity contribution in [1.29, 1.82) is 0 Å². The van der Waals surface area contributed by atoms with E-state index < -0.39 is 40.7 Å². The summed E-state index contributed by atoms with van der Waals surface area (Å²) in [5, 5.41) is 17.7. The fraction of sp³-hybridized carbons (Fsp3) is 0.480. The van der Waals surface area contributed by atoms with Gasteiger partial charge < -0.3 is 20.1 Å². The van der Waals surface area contributed by atoms with Crippen LogP contribution in [0.4, 0.5) is 26.3 Å². The number of ether oxygens (including phenoxy) is 1. The Kier molecular flexibility index (Phi) is 7.46. The van der Waals surface area contributed by atoms with Gasteiger partial charge in [-0.25, -0.2) is 0 Å². The number of nitrogens with zero attached hydrogens (tertiary/aromatic N) is 2. The Morgan fingerprint density at radius 3 is 2.16 bits per heavy atom. The molecule has 37 heavy (non-hydrogen) atoms. The fourth-order valence-electron chi connectivity index (χ4n) is 4.77. The van der Waals surface area contributed by atoms with E-state index in [1.807, 2.05) is 35.2 Å². The number of hydrogen-bond donors (Lipinski definition) is 3. The lowest BCUT2D eigenvalue weighted by Gasteiger charge is -2.50. The Labute approximate surface area is 210 Å². The van der Waals surface area contributed by atoms with Crippen LogP contribution in [0.15, 0.2) is 53.6 Å². The standard InChI is InChI=1S/C25H28F6N4O2/c1-17(18-9-20(24(26,27)28)11-21(10-18)25(29,30)31)37-14-23(19-5-3-2-4-6-19)8-7-22(13-36,12-32-23)35-15-33-34-16-35/h2-6,9-11,15,17,32,34,36H,7-8,12-14,16H2,1H3/t17-,22-,23+/m0/s1. The van der Waals surface area contributed by atoms with E-state index in [1.54, 1.807) is 6.34 Å². The lowest BCUT2D eigenvalue weighted by molar-refractivity contribution is -0.143. The first-order valence-corrected chi connectivity index (χ1v) is 11.7. The molecule has 0 spiro atoms. The van der Waals surface area contributed by atoms with Crippen molar-refractivity contribution in [1.82, 2.24) is 15.6 Å². The van der Waals surface area contributed by atoms with Crippen molar-refractivity contribution < 1.29 is 36.2 Å². The van der Waals surface area contributed by atoms with Gasteiger partial charge in [0.2, 0.25) is 0 Å². The molecule has 1 fully saturated rings. The van der Waals surface area contributed by atoms with Crippen LogP contribution in [0.5, 0.6) is 0 Å².